The van der Waals surface area contributed by atoms with Crippen molar-refractivity contribution in [1.82, 2.24) is 5.06 Å². The largest absolute Gasteiger partial charge is 0.322 e. The van der Waals surface area contributed by atoms with Crippen LogP contribution in [0.5, 0.6) is 0 Å². The van der Waals surface area contributed by atoms with E-state index in [0.29, 0.717) is 21.3 Å². The summed E-state index contributed by atoms with van der Waals surface area (Å²) in [6.07, 6.45) is 0. The predicted molar refractivity (Wildman–Crippen MR) is 121 cm³/mol. The lowest BCUT2D eigenvalue weighted by atomic mass is 10.1. The van der Waals surface area contributed by atoms with Gasteiger partial charge < -0.3 is 15.8 Å². The van der Waals surface area contributed by atoms with E-state index in [1.165, 1.54) is 13.1 Å². The van der Waals surface area contributed by atoms with E-state index in [9.17, 15) is 14.8 Å². The topological polar surface area (TPSA) is 81.7 Å². The SMILES string of the molecule is CN(O)Cc1csc(C(=O)Nc2ccc(Cl)cc2C(=O)Nc2ccc(Cl)cc2)c1Cl. The highest BCUT2D eigenvalue weighted by Crippen LogP contribution is 2.30. The Morgan fingerprint density at radius 2 is 1.67 bits per heavy atom. The molecule has 0 spiro atoms. The van der Waals surface area contributed by atoms with Gasteiger partial charge >= 0.3 is 0 Å². The summed E-state index contributed by atoms with van der Waals surface area (Å²) in [6.45, 7) is 0.179. The zero-order valence-corrected chi connectivity index (χ0v) is 18.7. The summed E-state index contributed by atoms with van der Waals surface area (Å²) in [6, 6.07) is 11.2. The smallest absolute Gasteiger partial charge is 0.267 e. The van der Waals surface area contributed by atoms with Crippen LogP contribution in [0.3, 0.4) is 0 Å². The molecule has 2 aromatic carbocycles. The van der Waals surface area contributed by atoms with Gasteiger partial charge in [0, 0.05) is 22.8 Å². The Morgan fingerprint density at radius 3 is 2.33 bits per heavy atom. The Kier molecular flexibility index (Phi) is 7.36. The minimum absolute atomic E-state index is 0.179. The van der Waals surface area contributed by atoms with E-state index in [1.807, 2.05) is 0 Å². The molecule has 10 heteroatoms. The van der Waals surface area contributed by atoms with Gasteiger partial charge in [-0.15, -0.1) is 11.3 Å². The zero-order chi connectivity index (χ0) is 21.8. The predicted octanol–water partition coefficient (Wildman–Crippen LogP) is 6.03. The summed E-state index contributed by atoms with van der Waals surface area (Å²) >= 11 is 19.3. The van der Waals surface area contributed by atoms with Gasteiger partial charge in [0.2, 0.25) is 0 Å². The Labute approximate surface area is 191 Å². The lowest BCUT2D eigenvalue weighted by molar-refractivity contribution is -0.0730. The molecule has 0 unspecified atom stereocenters. The van der Waals surface area contributed by atoms with Crippen LogP contribution < -0.4 is 10.6 Å². The molecule has 2 amide bonds. The second-order valence-corrected chi connectivity index (χ2v) is 8.46. The number of amides is 2. The summed E-state index contributed by atoms with van der Waals surface area (Å²) in [5.74, 6) is -0.922. The molecule has 0 aliphatic rings. The van der Waals surface area contributed by atoms with Crippen LogP contribution in [-0.2, 0) is 6.54 Å². The van der Waals surface area contributed by atoms with E-state index in [0.717, 1.165) is 16.4 Å². The molecule has 3 aromatic rings. The van der Waals surface area contributed by atoms with E-state index in [-0.39, 0.29) is 27.7 Å². The molecule has 6 nitrogen and oxygen atoms in total. The van der Waals surface area contributed by atoms with Gasteiger partial charge in [-0.25, -0.2) is 0 Å². The molecule has 3 N–H and O–H groups in total. The number of halogens is 3. The van der Waals surface area contributed by atoms with Crippen LogP contribution in [0.2, 0.25) is 15.1 Å². The second kappa shape index (κ2) is 9.78. The van der Waals surface area contributed by atoms with Crippen molar-refractivity contribution in [2.75, 3.05) is 17.7 Å². The molecule has 0 fully saturated rings. The van der Waals surface area contributed by atoms with Crippen LogP contribution in [0.15, 0.2) is 47.8 Å². The highest BCUT2D eigenvalue weighted by Gasteiger charge is 2.20. The van der Waals surface area contributed by atoms with Crippen molar-refractivity contribution in [2.24, 2.45) is 0 Å². The summed E-state index contributed by atoms with van der Waals surface area (Å²) < 4.78 is 0. The van der Waals surface area contributed by atoms with Crippen LogP contribution in [0.1, 0.15) is 25.6 Å². The molecule has 0 bridgehead atoms. The normalized spacial score (nSPS) is 10.9. The molecule has 0 radical (unpaired) electrons. The number of nitrogens with one attached hydrogen (secondary N) is 2. The van der Waals surface area contributed by atoms with Crippen LogP contribution >= 0.6 is 46.1 Å². The van der Waals surface area contributed by atoms with E-state index in [1.54, 1.807) is 41.8 Å². The summed E-state index contributed by atoms with van der Waals surface area (Å²) in [7, 11) is 1.48. The van der Waals surface area contributed by atoms with Crippen LogP contribution in [-0.4, -0.2) is 29.1 Å². The fourth-order valence-corrected chi connectivity index (χ4v) is 4.15. The Balaban J connectivity index is 1.83. The van der Waals surface area contributed by atoms with Gasteiger partial charge in [-0.3, -0.25) is 9.59 Å². The maximum atomic E-state index is 12.8. The first-order chi connectivity index (χ1) is 14.2. The molecule has 3 rings (SSSR count). The third-order valence-electron chi connectivity index (χ3n) is 3.98. The minimum atomic E-state index is -0.472. The lowest BCUT2D eigenvalue weighted by Crippen LogP contribution is -2.18. The maximum Gasteiger partial charge on any atom is 0.267 e. The van der Waals surface area contributed by atoms with Gasteiger partial charge in [0.25, 0.3) is 11.8 Å². The number of thiophene rings is 1. The number of rotatable bonds is 6. The second-order valence-electron chi connectivity index (χ2n) is 6.32. The van der Waals surface area contributed by atoms with Crippen molar-refractivity contribution in [3.63, 3.8) is 0 Å². The Hall–Kier alpha value is -2.13. The molecule has 30 heavy (non-hydrogen) atoms. The van der Waals surface area contributed by atoms with Gasteiger partial charge in [0.15, 0.2) is 0 Å². The molecule has 1 aromatic heterocycles. The van der Waals surface area contributed by atoms with Crippen molar-refractivity contribution < 1.29 is 14.8 Å². The number of hydroxylamine groups is 2. The lowest BCUT2D eigenvalue weighted by Gasteiger charge is -2.12. The van der Waals surface area contributed by atoms with E-state index < -0.39 is 11.8 Å². The van der Waals surface area contributed by atoms with Gasteiger partial charge in [-0.05, 0) is 53.4 Å². The average molecular weight is 485 g/mol. The molecular formula is C20H16Cl3N3O3S. The first kappa shape index (κ1) is 22.6. The number of hydrogen-bond donors (Lipinski definition) is 3. The first-order valence-electron chi connectivity index (χ1n) is 8.58. The van der Waals surface area contributed by atoms with E-state index in [4.69, 9.17) is 34.8 Å². The molecule has 0 atom stereocenters. The third kappa shape index (κ3) is 5.51. The quantitative estimate of drug-likeness (QED) is 0.373. The minimum Gasteiger partial charge on any atom is -0.322 e. The monoisotopic (exact) mass is 483 g/mol. The van der Waals surface area contributed by atoms with Crippen molar-refractivity contribution >= 4 is 69.3 Å². The maximum absolute atomic E-state index is 12.8. The summed E-state index contributed by atoms with van der Waals surface area (Å²) in [4.78, 5) is 25.8. The highest BCUT2D eigenvalue weighted by molar-refractivity contribution is 7.13. The van der Waals surface area contributed by atoms with Crippen molar-refractivity contribution in [1.29, 1.82) is 0 Å². The fraction of sp³-hybridized carbons (Fsp3) is 0.100. The van der Waals surface area contributed by atoms with Crippen LogP contribution in [0, 0.1) is 0 Å². The van der Waals surface area contributed by atoms with Gasteiger partial charge in [-0.1, -0.05) is 34.8 Å². The number of benzene rings is 2. The molecule has 1 heterocycles. The van der Waals surface area contributed by atoms with Crippen molar-refractivity contribution in [3.8, 4) is 0 Å². The molecular weight excluding hydrogens is 469 g/mol. The van der Waals surface area contributed by atoms with Gasteiger partial charge in [0.05, 0.1) is 22.8 Å². The zero-order valence-electron chi connectivity index (χ0n) is 15.6. The number of carbonyl (C=O) groups is 2. The van der Waals surface area contributed by atoms with E-state index in [2.05, 4.69) is 10.6 Å². The molecule has 156 valence electrons. The van der Waals surface area contributed by atoms with E-state index >= 15 is 0 Å². The van der Waals surface area contributed by atoms with Gasteiger partial charge in [-0.2, -0.15) is 5.06 Å². The molecule has 0 saturated heterocycles. The first-order valence-corrected chi connectivity index (χ1v) is 10.6. The highest BCUT2D eigenvalue weighted by atomic mass is 35.5. The summed E-state index contributed by atoms with van der Waals surface area (Å²) in [5.41, 5.74) is 1.63. The average Bonchev–Trinajstić information content (AvgIpc) is 3.04. The van der Waals surface area contributed by atoms with Crippen molar-refractivity contribution in [2.45, 2.75) is 6.54 Å². The van der Waals surface area contributed by atoms with Crippen LogP contribution in [0.25, 0.3) is 0 Å². The standard InChI is InChI=1S/C20H16Cl3N3O3S/c1-26(29)9-11-10-30-18(17(11)23)20(28)25-16-7-4-13(22)8-15(16)19(27)24-14-5-2-12(21)3-6-14/h2-8,10,29H,9H2,1H3,(H,24,27)(H,25,28). The molecule has 0 aliphatic carbocycles. The van der Waals surface area contributed by atoms with Gasteiger partial charge in [0.1, 0.15) is 4.88 Å². The number of hydrogen-bond acceptors (Lipinski definition) is 5. The Bertz CT molecular complexity index is 1080. The van der Waals surface area contributed by atoms with Crippen LogP contribution in [0.4, 0.5) is 11.4 Å². The molecule has 0 aliphatic heterocycles. The number of carbonyl (C=O) groups excluding carboxylic acids is 2. The molecule has 0 saturated carbocycles. The number of anilines is 2. The fourth-order valence-electron chi connectivity index (χ4n) is 2.61. The Morgan fingerprint density at radius 1 is 1.00 bits per heavy atom. The number of nitrogens with zero attached hydrogens (tertiary/aromatic N) is 1. The third-order valence-corrected chi connectivity index (χ3v) is 6.04. The van der Waals surface area contributed by atoms with Crippen molar-refractivity contribution in [3.05, 3.63) is 78.9 Å². The summed E-state index contributed by atoms with van der Waals surface area (Å²) in [5, 5.41) is 18.6.